The number of ether oxygens (including phenoxy) is 1. The molecule has 0 amide bonds. The predicted octanol–water partition coefficient (Wildman–Crippen LogP) is 3.69. The first kappa shape index (κ1) is 16.9. The predicted molar refractivity (Wildman–Crippen MR) is 92.9 cm³/mol. The molecule has 122 valence electrons. The van der Waals surface area contributed by atoms with E-state index in [1.165, 1.54) is 4.31 Å². The highest BCUT2D eigenvalue weighted by atomic mass is 79.9. The second-order valence-electron chi connectivity index (χ2n) is 5.30. The Morgan fingerprint density at radius 2 is 1.78 bits per heavy atom. The zero-order chi connectivity index (χ0) is 16.4. The van der Waals surface area contributed by atoms with Crippen LogP contribution in [0.3, 0.4) is 0 Å². The number of hydrogen-bond acceptors (Lipinski definition) is 3. The maximum absolute atomic E-state index is 12.4. The fourth-order valence-electron chi connectivity index (χ4n) is 2.28. The molecule has 1 aliphatic heterocycles. The summed E-state index contributed by atoms with van der Waals surface area (Å²) in [4.78, 5) is 0.297. The molecule has 2 aromatic rings. The zero-order valence-electron chi connectivity index (χ0n) is 12.2. The number of benzene rings is 2. The zero-order valence-corrected chi connectivity index (χ0v) is 15.3. The fraction of sp³-hybridized carbons (Fsp3) is 0.250. The van der Waals surface area contributed by atoms with Gasteiger partial charge in [0.1, 0.15) is 0 Å². The summed E-state index contributed by atoms with van der Waals surface area (Å²) in [5.41, 5.74) is 0.906. The molecule has 2 aromatic carbocycles. The van der Waals surface area contributed by atoms with Crippen LogP contribution in [0.4, 0.5) is 0 Å². The first-order chi connectivity index (χ1) is 11.0. The van der Waals surface area contributed by atoms with E-state index in [1.807, 2.05) is 24.3 Å². The van der Waals surface area contributed by atoms with Gasteiger partial charge in [-0.2, -0.15) is 4.31 Å². The van der Waals surface area contributed by atoms with Crippen molar-refractivity contribution in [2.75, 3.05) is 13.1 Å². The van der Waals surface area contributed by atoms with E-state index in [9.17, 15) is 8.42 Å². The molecule has 3 rings (SSSR count). The smallest absolute Gasteiger partial charge is 0.243 e. The minimum absolute atomic E-state index is 0.100. The summed E-state index contributed by atoms with van der Waals surface area (Å²) < 4.78 is 32.9. The SMILES string of the molecule is O=S(=O)(c1ccc(Br)cc1)N1CC(OCc2ccccc2Cl)C1. The van der Waals surface area contributed by atoms with Crippen molar-refractivity contribution in [3.05, 3.63) is 63.6 Å². The Balaban J connectivity index is 1.56. The standard InChI is InChI=1S/C16H15BrClNO3S/c17-13-5-7-15(8-6-13)23(20,21)19-9-14(10-19)22-11-12-3-1-2-4-16(12)18/h1-8,14H,9-11H2. The third-order valence-corrected chi connectivity index (χ3v) is 6.44. The quantitative estimate of drug-likeness (QED) is 0.747. The van der Waals surface area contributed by atoms with Gasteiger partial charge in [-0.05, 0) is 35.9 Å². The fourth-order valence-corrected chi connectivity index (χ4v) is 4.24. The van der Waals surface area contributed by atoms with E-state index >= 15 is 0 Å². The molecule has 0 unspecified atom stereocenters. The molecule has 1 saturated heterocycles. The number of halogens is 2. The number of sulfonamides is 1. The van der Waals surface area contributed by atoms with Crippen molar-refractivity contribution in [2.45, 2.75) is 17.6 Å². The van der Waals surface area contributed by atoms with Crippen molar-refractivity contribution < 1.29 is 13.2 Å². The van der Waals surface area contributed by atoms with Gasteiger partial charge in [0, 0.05) is 22.6 Å². The van der Waals surface area contributed by atoms with Crippen LogP contribution < -0.4 is 0 Å². The second kappa shape index (κ2) is 6.91. The van der Waals surface area contributed by atoms with E-state index in [4.69, 9.17) is 16.3 Å². The Hall–Kier alpha value is -0.920. The van der Waals surface area contributed by atoms with E-state index in [-0.39, 0.29) is 6.10 Å². The third kappa shape index (κ3) is 3.78. The molecule has 0 aliphatic carbocycles. The number of nitrogens with zero attached hydrogens (tertiary/aromatic N) is 1. The van der Waals surface area contributed by atoms with Gasteiger partial charge in [0.2, 0.25) is 10.0 Å². The molecule has 0 aromatic heterocycles. The monoisotopic (exact) mass is 415 g/mol. The Morgan fingerprint density at radius 1 is 1.13 bits per heavy atom. The summed E-state index contributed by atoms with van der Waals surface area (Å²) >= 11 is 9.37. The van der Waals surface area contributed by atoms with Crippen LogP contribution in [0.15, 0.2) is 57.9 Å². The summed E-state index contributed by atoms with van der Waals surface area (Å²) in [6.07, 6.45) is -0.100. The van der Waals surface area contributed by atoms with Crippen molar-refractivity contribution in [2.24, 2.45) is 0 Å². The molecular weight excluding hydrogens is 402 g/mol. The van der Waals surface area contributed by atoms with E-state index in [2.05, 4.69) is 15.9 Å². The van der Waals surface area contributed by atoms with Crippen LogP contribution in [0.25, 0.3) is 0 Å². The molecule has 23 heavy (non-hydrogen) atoms. The van der Waals surface area contributed by atoms with E-state index < -0.39 is 10.0 Å². The molecule has 0 bridgehead atoms. The van der Waals surface area contributed by atoms with Crippen LogP contribution in [-0.2, 0) is 21.4 Å². The molecule has 1 aliphatic rings. The Morgan fingerprint density at radius 3 is 2.43 bits per heavy atom. The van der Waals surface area contributed by atoms with E-state index in [0.29, 0.717) is 29.6 Å². The highest BCUT2D eigenvalue weighted by Crippen LogP contribution is 2.25. The van der Waals surface area contributed by atoms with Crippen LogP contribution in [0, 0.1) is 0 Å². The lowest BCUT2D eigenvalue weighted by atomic mass is 10.2. The average molecular weight is 417 g/mol. The molecule has 0 radical (unpaired) electrons. The molecule has 0 atom stereocenters. The van der Waals surface area contributed by atoms with Gasteiger partial charge in [0.15, 0.2) is 0 Å². The van der Waals surface area contributed by atoms with Crippen LogP contribution >= 0.6 is 27.5 Å². The highest BCUT2D eigenvalue weighted by molar-refractivity contribution is 9.10. The van der Waals surface area contributed by atoms with Gasteiger partial charge >= 0.3 is 0 Å². The average Bonchev–Trinajstić information content (AvgIpc) is 2.47. The van der Waals surface area contributed by atoms with Crippen molar-refractivity contribution in [1.29, 1.82) is 0 Å². The number of rotatable bonds is 5. The van der Waals surface area contributed by atoms with Gasteiger partial charge in [-0.15, -0.1) is 0 Å². The molecule has 1 heterocycles. The Kier molecular flexibility index (Phi) is 5.08. The van der Waals surface area contributed by atoms with Crippen LogP contribution in [0.5, 0.6) is 0 Å². The molecular formula is C16H15BrClNO3S. The van der Waals surface area contributed by atoms with Gasteiger partial charge < -0.3 is 4.74 Å². The highest BCUT2D eigenvalue weighted by Gasteiger charge is 2.37. The lowest BCUT2D eigenvalue weighted by molar-refractivity contribution is -0.0295. The molecule has 0 spiro atoms. The van der Waals surface area contributed by atoms with Crippen molar-refractivity contribution >= 4 is 37.6 Å². The Labute approximate surface area is 149 Å². The summed E-state index contributed by atoms with van der Waals surface area (Å²) in [7, 11) is -3.44. The van der Waals surface area contributed by atoms with Gasteiger partial charge in [0.25, 0.3) is 0 Å². The van der Waals surface area contributed by atoms with Crippen molar-refractivity contribution in [3.63, 3.8) is 0 Å². The first-order valence-electron chi connectivity index (χ1n) is 7.07. The normalized spacial score (nSPS) is 16.3. The van der Waals surface area contributed by atoms with Crippen molar-refractivity contribution in [3.8, 4) is 0 Å². The lowest BCUT2D eigenvalue weighted by Crippen LogP contribution is -2.54. The lowest BCUT2D eigenvalue weighted by Gasteiger charge is -2.37. The minimum atomic E-state index is -3.44. The van der Waals surface area contributed by atoms with Gasteiger partial charge in [-0.1, -0.05) is 45.7 Å². The topological polar surface area (TPSA) is 46.6 Å². The molecule has 7 heteroatoms. The van der Waals surface area contributed by atoms with Gasteiger partial charge in [-0.3, -0.25) is 0 Å². The summed E-state index contributed by atoms with van der Waals surface area (Å²) in [6, 6.07) is 14.1. The molecule has 4 nitrogen and oxygen atoms in total. The summed E-state index contributed by atoms with van der Waals surface area (Å²) in [6.45, 7) is 1.11. The molecule has 1 fully saturated rings. The second-order valence-corrected chi connectivity index (χ2v) is 8.56. The number of hydrogen-bond donors (Lipinski definition) is 0. The first-order valence-corrected chi connectivity index (χ1v) is 9.68. The van der Waals surface area contributed by atoms with Crippen LogP contribution in [0.2, 0.25) is 5.02 Å². The molecule has 0 saturated carbocycles. The van der Waals surface area contributed by atoms with Crippen LogP contribution in [-0.4, -0.2) is 31.9 Å². The third-order valence-electron chi connectivity index (χ3n) is 3.70. The van der Waals surface area contributed by atoms with Gasteiger partial charge in [0.05, 0.1) is 17.6 Å². The maximum Gasteiger partial charge on any atom is 0.243 e. The van der Waals surface area contributed by atoms with Gasteiger partial charge in [-0.25, -0.2) is 8.42 Å². The summed E-state index contributed by atoms with van der Waals surface area (Å²) in [5.74, 6) is 0. The maximum atomic E-state index is 12.4. The Bertz CT molecular complexity index is 789. The van der Waals surface area contributed by atoms with Crippen LogP contribution in [0.1, 0.15) is 5.56 Å². The largest absolute Gasteiger partial charge is 0.371 e. The summed E-state index contributed by atoms with van der Waals surface area (Å²) in [5, 5.41) is 0.658. The van der Waals surface area contributed by atoms with E-state index in [1.54, 1.807) is 24.3 Å². The van der Waals surface area contributed by atoms with E-state index in [0.717, 1.165) is 10.0 Å². The van der Waals surface area contributed by atoms with Crippen molar-refractivity contribution in [1.82, 2.24) is 4.31 Å². The minimum Gasteiger partial charge on any atom is -0.371 e. The molecule has 0 N–H and O–H groups in total.